The maximum Gasteiger partial charge on any atom is 0.251 e. The molecule has 2 saturated heterocycles. The lowest BCUT2D eigenvalue weighted by Gasteiger charge is -2.37. The summed E-state index contributed by atoms with van der Waals surface area (Å²) >= 11 is 5.91. The first-order valence-electron chi connectivity index (χ1n) is 8.56. The zero-order valence-corrected chi connectivity index (χ0v) is 14.4. The second-order valence-corrected chi connectivity index (χ2v) is 7.32. The van der Waals surface area contributed by atoms with Gasteiger partial charge in [0.2, 0.25) is 5.91 Å². The minimum atomic E-state index is -2.61. The Morgan fingerprint density at radius 3 is 2.50 bits per heavy atom. The van der Waals surface area contributed by atoms with E-state index in [-0.39, 0.29) is 37.8 Å². The van der Waals surface area contributed by atoms with E-state index in [1.807, 2.05) is 24.3 Å². The first-order valence-corrected chi connectivity index (χ1v) is 8.94. The summed E-state index contributed by atoms with van der Waals surface area (Å²) in [5.41, 5.74) is 1.17. The Hall–Kier alpha value is -1.20. The minimum Gasteiger partial charge on any atom is -0.342 e. The monoisotopic (exact) mass is 356 g/mol. The third-order valence-electron chi connectivity index (χ3n) is 4.98. The Bertz CT molecular complexity index is 569. The summed E-state index contributed by atoms with van der Waals surface area (Å²) < 4.78 is 26.5. The van der Waals surface area contributed by atoms with E-state index in [9.17, 15) is 13.6 Å². The van der Waals surface area contributed by atoms with Crippen molar-refractivity contribution in [3.05, 3.63) is 34.9 Å². The number of amides is 1. The zero-order valence-electron chi connectivity index (χ0n) is 13.7. The number of nitrogens with zero attached hydrogens (tertiary/aromatic N) is 2. The number of likely N-dealkylation sites (tertiary alicyclic amines) is 2. The summed E-state index contributed by atoms with van der Waals surface area (Å²) in [5, 5.41) is 0.715. The van der Waals surface area contributed by atoms with Crippen LogP contribution in [0.25, 0.3) is 0 Å². The van der Waals surface area contributed by atoms with Gasteiger partial charge < -0.3 is 4.90 Å². The van der Waals surface area contributed by atoms with E-state index in [2.05, 4.69) is 4.90 Å². The number of carbonyl (C=O) groups is 1. The lowest BCUT2D eigenvalue weighted by atomic mass is 9.94. The van der Waals surface area contributed by atoms with Crippen LogP contribution in [-0.4, -0.2) is 47.8 Å². The molecule has 132 valence electrons. The molecule has 1 aromatic carbocycles. The van der Waals surface area contributed by atoms with E-state index in [4.69, 9.17) is 11.6 Å². The van der Waals surface area contributed by atoms with E-state index in [1.54, 1.807) is 4.90 Å². The van der Waals surface area contributed by atoms with Crippen LogP contribution in [0.15, 0.2) is 24.3 Å². The number of rotatable bonds is 3. The van der Waals surface area contributed by atoms with Crippen molar-refractivity contribution in [2.75, 3.05) is 26.2 Å². The van der Waals surface area contributed by atoms with Gasteiger partial charge in [0.05, 0.1) is 5.92 Å². The highest BCUT2D eigenvalue weighted by molar-refractivity contribution is 6.30. The topological polar surface area (TPSA) is 23.6 Å². The molecule has 1 amide bonds. The van der Waals surface area contributed by atoms with E-state index < -0.39 is 5.92 Å². The van der Waals surface area contributed by atoms with Gasteiger partial charge in [-0.3, -0.25) is 9.69 Å². The largest absolute Gasteiger partial charge is 0.342 e. The summed E-state index contributed by atoms with van der Waals surface area (Å²) in [7, 11) is 0. The first kappa shape index (κ1) is 17.6. The second kappa shape index (κ2) is 7.36. The third-order valence-corrected chi connectivity index (χ3v) is 5.23. The maximum absolute atomic E-state index is 13.3. The molecule has 0 aromatic heterocycles. The molecule has 0 aliphatic carbocycles. The van der Waals surface area contributed by atoms with Crippen LogP contribution in [0.4, 0.5) is 8.78 Å². The Kier molecular flexibility index (Phi) is 5.40. The molecule has 6 heteroatoms. The Morgan fingerprint density at radius 2 is 1.83 bits per heavy atom. The van der Waals surface area contributed by atoms with Gasteiger partial charge in [-0.15, -0.1) is 0 Å². The number of alkyl halides is 2. The van der Waals surface area contributed by atoms with Crippen molar-refractivity contribution < 1.29 is 13.6 Å². The number of carbonyl (C=O) groups excluding carboxylic acids is 1. The smallest absolute Gasteiger partial charge is 0.251 e. The van der Waals surface area contributed by atoms with Gasteiger partial charge in [-0.2, -0.15) is 0 Å². The number of piperidine rings is 2. The quantitative estimate of drug-likeness (QED) is 0.822. The summed E-state index contributed by atoms with van der Waals surface area (Å²) in [6.07, 6.45) is 1.40. The molecule has 2 aliphatic heterocycles. The molecule has 0 bridgehead atoms. The normalized spacial score (nSPS) is 24.8. The molecule has 1 aromatic rings. The molecule has 3 nitrogen and oxygen atoms in total. The van der Waals surface area contributed by atoms with E-state index in [0.717, 1.165) is 25.9 Å². The summed E-state index contributed by atoms with van der Waals surface area (Å²) in [4.78, 5) is 16.5. The average Bonchev–Trinajstić information content (AvgIpc) is 2.57. The number of hydrogen-bond acceptors (Lipinski definition) is 2. The number of halogens is 3. The first-order chi connectivity index (χ1) is 11.4. The van der Waals surface area contributed by atoms with Gasteiger partial charge in [0.1, 0.15) is 0 Å². The lowest BCUT2D eigenvalue weighted by molar-refractivity contribution is -0.143. The number of hydrogen-bond donors (Lipinski definition) is 0. The van der Waals surface area contributed by atoms with Crippen LogP contribution in [0, 0.1) is 5.92 Å². The fourth-order valence-electron chi connectivity index (χ4n) is 3.56. The van der Waals surface area contributed by atoms with Gasteiger partial charge in [-0.05, 0) is 37.1 Å². The van der Waals surface area contributed by atoms with Crippen molar-refractivity contribution in [1.29, 1.82) is 0 Å². The van der Waals surface area contributed by atoms with Crippen LogP contribution >= 0.6 is 11.6 Å². The Morgan fingerprint density at radius 1 is 1.17 bits per heavy atom. The van der Waals surface area contributed by atoms with Crippen LogP contribution in [0.3, 0.4) is 0 Å². The number of benzene rings is 1. The van der Waals surface area contributed by atoms with Crippen molar-refractivity contribution in [2.24, 2.45) is 5.92 Å². The van der Waals surface area contributed by atoms with Gasteiger partial charge >= 0.3 is 0 Å². The Labute approximate surface area is 146 Å². The van der Waals surface area contributed by atoms with Crippen molar-refractivity contribution >= 4 is 17.5 Å². The maximum atomic E-state index is 13.3. The molecule has 0 N–H and O–H groups in total. The highest BCUT2D eigenvalue weighted by Crippen LogP contribution is 2.29. The van der Waals surface area contributed by atoms with Crippen LogP contribution in [0.5, 0.6) is 0 Å². The van der Waals surface area contributed by atoms with Crippen LogP contribution in [-0.2, 0) is 11.3 Å². The van der Waals surface area contributed by atoms with Crippen molar-refractivity contribution in [3.63, 3.8) is 0 Å². The van der Waals surface area contributed by atoms with Crippen LogP contribution in [0.1, 0.15) is 31.2 Å². The Balaban J connectivity index is 1.55. The van der Waals surface area contributed by atoms with Crippen molar-refractivity contribution in [2.45, 2.75) is 38.2 Å². The molecule has 0 spiro atoms. The SMILES string of the molecule is O=C(C1CCCN(Cc2ccc(Cl)cc2)C1)N1CCC(F)(F)CC1. The predicted octanol–water partition coefficient (Wildman–Crippen LogP) is 3.81. The zero-order chi connectivity index (χ0) is 17.2. The molecular weight excluding hydrogens is 334 g/mol. The van der Waals surface area contributed by atoms with Crippen molar-refractivity contribution in [3.8, 4) is 0 Å². The van der Waals surface area contributed by atoms with Gasteiger partial charge in [0.25, 0.3) is 5.92 Å². The third kappa shape index (κ3) is 4.45. The fourth-order valence-corrected chi connectivity index (χ4v) is 3.69. The van der Waals surface area contributed by atoms with Crippen molar-refractivity contribution in [1.82, 2.24) is 9.80 Å². The molecule has 1 atom stereocenters. The molecule has 2 aliphatic rings. The molecular formula is C18H23ClF2N2O. The highest BCUT2D eigenvalue weighted by Gasteiger charge is 2.38. The lowest BCUT2D eigenvalue weighted by Crippen LogP contribution is -2.48. The van der Waals surface area contributed by atoms with Gasteiger partial charge in [0.15, 0.2) is 0 Å². The summed E-state index contributed by atoms with van der Waals surface area (Å²) in [5.74, 6) is -2.63. The van der Waals surface area contributed by atoms with Gasteiger partial charge in [0, 0.05) is 44.0 Å². The summed E-state index contributed by atoms with van der Waals surface area (Å²) in [6.45, 7) is 2.82. The van der Waals surface area contributed by atoms with Crippen LogP contribution in [0.2, 0.25) is 5.02 Å². The standard InChI is InChI=1S/C18H23ClF2N2O/c19-16-5-3-14(4-6-16)12-22-9-1-2-15(13-22)17(24)23-10-7-18(20,21)8-11-23/h3-6,15H,1-2,7-13H2. The molecule has 2 fully saturated rings. The average molecular weight is 357 g/mol. The molecule has 0 radical (unpaired) electrons. The summed E-state index contributed by atoms with van der Waals surface area (Å²) in [6, 6.07) is 7.75. The molecule has 1 unspecified atom stereocenters. The molecule has 3 rings (SSSR count). The van der Waals surface area contributed by atoms with E-state index in [0.29, 0.717) is 11.6 Å². The highest BCUT2D eigenvalue weighted by atomic mass is 35.5. The van der Waals surface area contributed by atoms with Crippen LogP contribution < -0.4 is 0 Å². The molecule has 0 saturated carbocycles. The van der Waals surface area contributed by atoms with E-state index in [1.165, 1.54) is 5.56 Å². The molecule has 24 heavy (non-hydrogen) atoms. The minimum absolute atomic E-state index is 0.0475. The predicted molar refractivity (Wildman–Crippen MR) is 90.2 cm³/mol. The van der Waals surface area contributed by atoms with E-state index >= 15 is 0 Å². The second-order valence-electron chi connectivity index (χ2n) is 6.88. The molecule has 2 heterocycles. The van der Waals surface area contributed by atoms with Gasteiger partial charge in [-0.25, -0.2) is 8.78 Å². The van der Waals surface area contributed by atoms with Gasteiger partial charge in [-0.1, -0.05) is 23.7 Å². The fraction of sp³-hybridized carbons (Fsp3) is 0.611.